The number of likely N-dealkylation sites (tertiary alicyclic amines) is 2. The molecule has 230 valence electrons. The Morgan fingerprint density at radius 2 is 1.29 bits per heavy atom. The Balaban J connectivity index is 0.989. The van der Waals surface area contributed by atoms with Crippen molar-refractivity contribution >= 4 is 17.7 Å². The van der Waals surface area contributed by atoms with Crippen LogP contribution in [0.15, 0.2) is 54.6 Å². The molecule has 2 fully saturated rings. The fourth-order valence-electron chi connectivity index (χ4n) is 6.21. The van der Waals surface area contributed by atoms with E-state index in [1.807, 2.05) is 61.5 Å². The molecule has 42 heavy (non-hydrogen) atoms. The van der Waals surface area contributed by atoms with Crippen LogP contribution in [0.3, 0.4) is 0 Å². The molecule has 2 heterocycles. The van der Waals surface area contributed by atoms with Crippen LogP contribution in [-0.2, 0) is 14.3 Å². The lowest BCUT2D eigenvalue weighted by atomic mass is 9.97. The molecule has 7 nitrogen and oxygen atoms in total. The zero-order valence-electron chi connectivity index (χ0n) is 25.6. The van der Waals surface area contributed by atoms with Crippen LogP contribution in [0, 0.1) is 5.92 Å². The highest BCUT2D eigenvalue weighted by Gasteiger charge is 2.25. The van der Waals surface area contributed by atoms with Crippen molar-refractivity contribution in [3.05, 3.63) is 54.6 Å². The Hall–Kier alpha value is -2.90. The van der Waals surface area contributed by atoms with Gasteiger partial charge in [-0.25, -0.2) is 4.79 Å². The highest BCUT2D eigenvalue weighted by Crippen LogP contribution is 2.28. The van der Waals surface area contributed by atoms with Crippen LogP contribution >= 0.6 is 0 Å². The van der Waals surface area contributed by atoms with Crippen LogP contribution in [0.25, 0.3) is 11.1 Å². The molecule has 0 aromatic heterocycles. The number of amides is 1. The van der Waals surface area contributed by atoms with Gasteiger partial charge >= 0.3 is 12.1 Å². The monoisotopic (exact) mass is 577 g/mol. The van der Waals surface area contributed by atoms with Crippen molar-refractivity contribution in [1.82, 2.24) is 9.80 Å². The summed E-state index contributed by atoms with van der Waals surface area (Å²) in [6.45, 7) is 8.73. The second-order valence-corrected chi connectivity index (χ2v) is 11.8. The molecule has 2 aliphatic heterocycles. The molecule has 2 aromatic carbocycles. The maximum atomic E-state index is 12.7. The van der Waals surface area contributed by atoms with Gasteiger partial charge in [0.15, 0.2) is 0 Å². The van der Waals surface area contributed by atoms with Crippen LogP contribution in [-0.4, -0.2) is 73.8 Å². The fourth-order valence-corrected chi connectivity index (χ4v) is 6.21. The van der Waals surface area contributed by atoms with Crippen molar-refractivity contribution in [1.29, 1.82) is 0 Å². The fraction of sp³-hybridized carbons (Fsp3) is 0.600. The number of rotatable bonds is 15. The van der Waals surface area contributed by atoms with Crippen LogP contribution in [0.4, 0.5) is 10.5 Å². The van der Waals surface area contributed by atoms with E-state index >= 15 is 0 Å². The Morgan fingerprint density at radius 3 is 1.90 bits per heavy atom. The minimum atomic E-state index is -0.365. The molecule has 0 spiro atoms. The summed E-state index contributed by atoms with van der Waals surface area (Å²) in [4.78, 5) is 29.6. The molecule has 4 rings (SSSR count). The minimum absolute atomic E-state index is 0.00260. The summed E-state index contributed by atoms with van der Waals surface area (Å²) >= 11 is 0. The number of nitrogens with zero attached hydrogens (tertiary/aromatic N) is 2. The predicted octanol–water partition coefficient (Wildman–Crippen LogP) is 7.37. The van der Waals surface area contributed by atoms with Gasteiger partial charge in [0.1, 0.15) is 6.10 Å². The van der Waals surface area contributed by atoms with Crippen molar-refractivity contribution in [2.24, 2.45) is 5.92 Å². The Bertz CT molecular complexity index is 1060. The largest absolute Gasteiger partial charge is 0.466 e. The average molecular weight is 578 g/mol. The van der Waals surface area contributed by atoms with Gasteiger partial charge < -0.3 is 19.3 Å². The van der Waals surface area contributed by atoms with Gasteiger partial charge in [-0.2, -0.15) is 0 Å². The van der Waals surface area contributed by atoms with Gasteiger partial charge in [0.05, 0.1) is 18.2 Å². The lowest BCUT2D eigenvalue weighted by Crippen LogP contribution is -2.38. The molecule has 0 radical (unpaired) electrons. The van der Waals surface area contributed by atoms with Gasteiger partial charge in [0.25, 0.3) is 0 Å². The van der Waals surface area contributed by atoms with E-state index in [2.05, 4.69) is 15.1 Å². The maximum Gasteiger partial charge on any atom is 0.411 e. The number of hydrogen-bond donors (Lipinski definition) is 1. The number of esters is 1. The molecule has 0 unspecified atom stereocenters. The molecule has 2 aromatic rings. The number of benzene rings is 2. The third-order valence-corrected chi connectivity index (χ3v) is 8.71. The first-order chi connectivity index (χ1) is 20.6. The second-order valence-electron chi connectivity index (χ2n) is 11.8. The van der Waals surface area contributed by atoms with E-state index in [-0.39, 0.29) is 24.1 Å². The summed E-state index contributed by atoms with van der Waals surface area (Å²) in [6.07, 6.45) is 12.4. The normalized spacial score (nSPS) is 17.2. The van der Waals surface area contributed by atoms with E-state index < -0.39 is 0 Å². The van der Waals surface area contributed by atoms with Crippen molar-refractivity contribution in [3.63, 3.8) is 0 Å². The molecular formula is C35H51N3O4. The third-order valence-electron chi connectivity index (χ3n) is 8.71. The quantitative estimate of drug-likeness (QED) is 0.176. The molecule has 2 aliphatic rings. The summed E-state index contributed by atoms with van der Waals surface area (Å²) in [5.41, 5.74) is 2.84. The van der Waals surface area contributed by atoms with Crippen molar-refractivity contribution in [2.75, 3.05) is 51.2 Å². The number of carbonyl (C=O) groups excluding carboxylic acids is 2. The second kappa shape index (κ2) is 17.9. The number of para-hydroxylation sites is 1. The number of unbranched alkanes of at least 4 members (excludes halogenated alkanes) is 6. The van der Waals surface area contributed by atoms with Crippen molar-refractivity contribution in [2.45, 2.75) is 83.7 Å². The van der Waals surface area contributed by atoms with E-state index in [0.29, 0.717) is 6.61 Å². The van der Waals surface area contributed by atoms with Gasteiger partial charge in [-0.1, -0.05) is 80.6 Å². The smallest absolute Gasteiger partial charge is 0.411 e. The van der Waals surface area contributed by atoms with Crippen molar-refractivity contribution < 1.29 is 19.1 Å². The van der Waals surface area contributed by atoms with Gasteiger partial charge in [-0.05, 0) is 83.3 Å². The Labute approximate surface area is 252 Å². The molecule has 7 heteroatoms. The number of carbonyl (C=O) groups is 2. The summed E-state index contributed by atoms with van der Waals surface area (Å²) in [5.74, 6) is 0.110. The van der Waals surface area contributed by atoms with Gasteiger partial charge in [0, 0.05) is 18.7 Å². The van der Waals surface area contributed by atoms with Crippen LogP contribution in [0.1, 0.15) is 77.6 Å². The van der Waals surface area contributed by atoms with Crippen molar-refractivity contribution in [3.8, 4) is 11.1 Å². The standard InChI is InChI=1S/C35H51N3O4/c1-2-41-34(39)30-19-25-37(26-20-30)23-13-6-4-3-5-7-14-24-38-27-21-31(22-28-38)42-35(40)36-33-18-12-11-17-32(33)29-15-9-8-10-16-29/h8-12,15-18,30-31H,2-7,13-14,19-28H2,1H3,(H,36,40). The Kier molecular flexibility index (Phi) is 13.7. The van der Waals surface area contributed by atoms with E-state index in [1.54, 1.807) is 0 Å². The van der Waals surface area contributed by atoms with Crippen LogP contribution in [0.2, 0.25) is 0 Å². The molecule has 1 amide bonds. The number of hydrogen-bond acceptors (Lipinski definition) is 6. The lowest BCUT2D eigenvalue weighted by molar-refractivity contribution is -0.149. The number of anilines is 1. The highest BCUT2D eigenvalue weighted by molar-refractivity contribution is 5.91. The van der Waals surface area contributed by atoms with E-state index in [0.717, 1.165) is 81.8 Å². The lowest BCUT2D eigenvalue weighted by Gasteiger charge is -2.31. The maximum absolute atomic E-state index is 12.7. The van der Waals surface area contributed by atoms with Crippen LogP contribution < -0.4 is 5.32 Å². The average Bonchev–Trinajstić information content (AvgIpc) is 3.02. The predicted molar refractivity (Wildman–Crippen MR) is 170 cm³/mol. The minimum Gasteiger partial charge on any atom is -0.466 e. The summed E-state index contributed by atoms with van der Waals surface area (Å²) < 4.78 is 11.0. The summed E-state index contributed by atoms with van der Waals surface area (Å²) in [5, 5.41) is 2.97. The van der Waals surface area contributed by atoms with Gasteiger partial charge in [-0.15, -0.1) is 0 Å². The molecule has 0 atom stereocenters. The molecule has 0 aliphatic carbocycles. The Morgan fingerprint density at radius 1 is 0.738 bits per heavy atom. The molecule has 0 saturated carbocycles. The zero-order valence-corrected chi connectivity index (χ0v) is 25.6. The van der Waals surface area contributed by atoms with E-state index in [1.165, 1.54) is 44.9 Å². The van der Waals surface area contributed by atoms with E-state index in [9.17, 15) is 9.59 Å². The van der Waals surface area contributed by atoms with Gasteiger partial charge in [-0.3, -0.25) is 10.1 Å². The number of ether oxygens (including phenoxy) is 2. The first-order valence-electron chi connectivity index (χ1n) is 16.4. The van der Waals surface area contributed by atoms with Gasteiger partial charge in [0.2, 0.25) is 0 Å². The number of nitrogens with one attached hydrogen (secondary N) is 1. The molecule has 1 N–H and O–H groups in total. The van der Waals surface area contributed by atoms with Crippen LogP contribution in [0.5, 0.6) is 0 Å². The summed E-state index contributed by atoms with van der Waals surface area (Å²) in [6, 6.07) is 17.9. The number of piperidine rings is 2. The van der Waals surface area contributed by atoms with E-state index in [4.69, 9.17) is 9.47 Å². The first-order valence-corrected chi connectivity index (χ1v) is 16.4. The zero-order chi connectivity index (χ0) is 29.4. The third kappa shape index (κ3) is 10.7. The summed E-state index contributed by atoms with van der Waals surface area (Å²) in [7, 11) is 0. The topological polar surface area (TPSA) is 71.1 Å². The highest BCUT2D eigenvalue weighted by atomic mass is 16.6. The first kappa shape index (κ1) is 32.0. The molecule has 0 bridgehead atoms. The molecular weight excluding hydrogens is 526 g/mol. The SMILES string of the molecule is CCOC(=O)C1CCN(CCCCCCCCCN2CCC(OC(=O)Nc3ccccc3-c3ccccc3)CC2)CC1. The molecule has 2 saturated heterocycles.